The topological polar surface area (TPSA) is 47.0 Å². The van der Waals surface area contributed by atoms with Crippen molar-refractivity contribution in [3.63, 3.8) is 0 Å². The van der Waals surface area contributed by atoms with Crippen molar-refractivity contribution in [3.05, 3.63) is 90.9 Å². The zero-order valence-electron chi connectivity index (χ0n) is 23.6. The van der Waals surface area contributed by atoms with E-state index >= 15 is 0 Å². The Kier molecular flexibility index (Phi) is 17.5. The van der Waals surface area contributed by atoms with Crippen molar-refractivity contribution in [1.29, 1.82) is 0 Å². The molecule has 0 bridgehead atoms. The molecule has 1 aromatic heterocycles. The van der Waals surface area contributed by atoms with Gasteiger partial charge in [-0.3, -0.25) is 14.6 Å². The quantitative estimate of drug-likeness (QED) is 0.105. The van der Waals surface area contributed by atoms with Crippen molar-refractivity contribution >= 4 is 11.6 Å². The molecule has 0 amide bonds. The number of aromatic nitrogens is 1. The molecular formula is C35H49NO2. The third kappa shape index (κ3) is 15.4. The summed E-state index contributed by atoms with van der Waals surface area (Å²) >= 11 is 0. The molecule has 0 N–H and O–H groups in total. The van der Waals surface area contributed by atoms with Crippen LogP contribution < -0.4 is 0 Å². The van der Waals surface area contributed by atoms with E-state index in [1.165, 1.54) is 0 Å². The van der Waals surface area contributed by atoms with E-state index in [2.05, 4.69) is 72.7 Å². The van der Waals surface area contributed by atoms with Gasteiger partial charge in [0.2, 0.25) is 0 Å². The van der Waals surface area contributed by atoms with Crippen molar-refractivity contribution in [2.75, 3.05) is 0 Å². The number of pyridine rings is 1. The molecule has 0 atom stereocenters. The van der Waals surface area contributed by atoms with E-state index in [0.717, 1.165) is 89.0 Å². The highest BCUT2D eigenvalue weighted by Crippen LogP contribution is 2.34. The number of carbonyl (C=O) groups is 2. The first-order valence-corrected chi connectivity index (χ1v) is 14.9. The first-order chi connectivity index (χ1) is 18.7. The number of hydrogen-bond donors (Lipinski definition) is 0. The fourth-order valence-electron chi connectivity index (χ4n) is 4.94. The van der Waals surface area contributed by atoms with Crippen LogP contribution in [0, 0.1) is 11.8 Å². The largest absolute Gasteiger partial charge is 0.300 e. The molecule has 0 aliphatic heterocycles. The summed E-state index contributed by atoms with van der Waals surface area (Å²) < 4.78 is 0. The Morgan fingerprint density at radius 3 is 1.95 bits per heavy atom. The summed E-state index contributed by atoms with van der Waals surface area (Å²) in [5.41, 5.74) is 0.719. The zero-order valence-corrected chi connectivity index (χ0v) is 23.6. The highest BCUT2D eigenvalue weighted by Gasteiger charge is 2.23. The summed E-state index contributed by atoms with van der Waals surface area (Å²) in [5.74, 6) is 1.79. The van der Waals surface area contributed by atoms with Gasteiger partial charge in [0.25, 0.3) is 0 Å². The fraction of sp³-hybridized carbons (Fsp3) is 0.514. The molecule has 1 heterocycles. The standard InChI is InChI=1S/C35H49NO2/c1-2-3-4-5-6-7-8-9-10-11-12-13-14-15-16-17-18-21-34(37)29-32-24-22-31(23-25-32)26-27-35(38)33-20-19-28-36-30-33/h3-4,6-7,9-10,12-13,15-16,19-20,28,30-32H,2,5,8,11,14,17-18,21-27,29H2,1H3/b4-3-,7-6-,10-9-,13-12-,16-15-. The Labute approximate surface area is 231 Å². The zero-order chi connectivity index (χ0) is 27.1. The van der Waals surface area contributed by atoms with E-state index in [4.69, 9.17) is 0 Å². The number of nitrogens with zero attached hydrogens (tertiary/aromatic N) is 1. The Balaban J connectivity index is 1.44. The number of ketones is 2. The van der Waals surface area contributed by atoms with Crippen molar-refractivity contribution in [3.8, 4) is 0 Å². The third-order valence-electron chi connectivity index (χ3n) is 7.23. The Hall–Kier alpha value is -2.81. The van der Waals surface area contributed by atoms with Gasteiger partial charge < -0.3 is 0 Å². The van der Waals surface area contributed by atoms with Gasteiger partial charge in [-0.15, -0.1) is 0 Å². The molecule has 0 spiro atoms. The molecule has 0 radical (unpaired) electrons. The van der Waals surface area contributed by atoms with Crippen LogP contribution in [0.5, 0.6) is 0 Å². The maximum Gasteiger partial charge on any atom is 0.164 e. The number of Topliss-reactive ketones (excluding diaryl/α,β-unsaturated/α-hetero) is 2. The molecule has 0 unspecified atom stereocenters. The molecule has 0 saturated heterocycles. The second-order valence-electron chi connectivity index (χ2n) is 10.4. The number of hydrogen-bond acceptors (Lipinski definition) is 3. The van der Waals surface area contributed by atoms with Gasteiger partial charge in [-0.25, -0.2) is 0 Å². The highest BCUT2D eigenvalue weighted by molar-refractivity contribution is 5.95. The van der Waals surface area contributed by atoms with E-state index in [1.807, 2.05) is 12.1 Å². The van der Waals surface area contributed by atoms with E-state index in [0.29, 0.717) is 30.5 Å². The van der Waals surface area contributed by atoms with Crippen molar-refractivity contribution < 1.29 is 9.59 Å². The van der Waals surface area contributed by atoms with Crippen LogP contribution in [-0.4, -0.2) is 16.6 Å². The molecule has 1 aliphatic carbocycles. The van der Waals surface area contributed by atoms with Crippen LogP contribution in [0.3, 0.4) is 0 Å². The molecule has 1 aromatic rings. The van der Waals surface area contributed by atoms with Gasteiger partial charge in [-0.1, -0.05) is 80.5 Å². The second kappa shape index (κ2) is 21.2. The minimum absolute atomic E-state index is 0.197. The summed E-state index contributed by atoms with van der Waals surface area (Å²) in [6.45, 7) is 2.16. The third-order valence-corrected chi connectivity index (χ3v) is 7.23. The minimum Gasteiger partial charge on any atom is -0.300 e. The van der Waals surface area contributed by atoms with Gasteiger partial charge in [-0.05, 0) is 88.2 Å². The summed E-state index contributed by atoms with van der Waals surface area (Å²) in [6, 6.07) is 3.66. The van der Waals surface area contributed by atoms with Crippen LogP contribution in [0.2, 0.25) is 0 Å². The van der Waals surface area contributed by atoms with Crippen LogP contribution in [0.1, 0.15) is 114 Å². The average Bonchev–Trinajstić information content (AvgIpc) is 2.94. The van der Waals surface area contributed by atoms with Crippen molar-refractivity contribution in [1.82, 2.24) is 4.98 Å². The predicted octanol–water partition coefficient (Wildman–Crippen LogP) is 9.73. The van der Waals surface area contributed by atoms with E-state index in [9.17, 15) is 9.59 Å². The average molecular weight is 516 g/mol. The first kappa shape index (κ1) is 31.4. The van der Waals surface area contributed by atoms with Gasteiger partial charge in [0, 0.05) is 37.2 Å². The van der Waals surface area contributed by atoms with Crippen molar-refractivity contribution in [2.24, 2.45) is 11.8 Å². The Morgan fingerprint density at radius 1 is 0.789 bits per heavy atom. The van der Waals surface area contributed by atoms with Crippen molar-refractivity contribution in [2.45, 2.75) is 103 Å². The summed E-state index contributed by atoms with van der Waals surface area (Å²) in [6.07, 6.45) is 40.1. The Morgan fingerprint density at radius 2 is 1.37 bits per heavy atom. The Bertz CT molecular complexity index is 915. The number of carbonyl (C=O) groups excluding carboxylic acids is 2. The summed E-state index contributed by atoms with van der Waals surface area (Å²) in [7, 11) is 0. The fourth-order valence-corrected chi connectivity index (χ4v) is 4.94. The summed E-state index contributed by atoms with van der Waals surface area (Å²) in [5, 5.41) is 0. The molecule has 1 fully saturated rings. The molecule has 1 aliphatic rings. The van der Waals surface area contributed by atoms with Gasteiger partial charge in [0.1, 0.15) is 5.78 Å². The van der Waals surface area contributed by atoms with Gasteiger partial charge in [-0.2, -0.15) is 0 Å². The van der Waals surface area contributed by atoms with Gasteiger partial charge in [0.05, 0.1) is 0 Å². The number of allylic oxidation sites excluding steroid dienone is 10. The van der Waals surface area contributed by atoms with E-state index < -0.39 is 0 Å². The molecule has 2 rings (SSSR count). The lowest BCUT2D eigenvalue weighted by Crippen LogP contribution is -2.18. The lowest BCUT2D eigenvalue weighted by Gasteiger charge is -2.28. The van der Waals surface area contributed by atoms with Crippen LogP contribution in [0.25, 0.3) is 0 Å². The first-order valence-electron chi connectivity index (χ1n) is 14.9. The summed E-state index contributed by atoms with van der Waals surface area (Å²) in [4.78, 5) is 28.8. The minimum atomic E-state index is 0.197. The predicted molar refractivity (Wildman–Crippen MR) is 161 cm³/mol. The lowest BCUT2D eigenvalue weighted by atomic mass is 9.77. The molecule has 3 nitrogen and oxygen atoms in total. The monoisotopic (exact) mass is 515 g/mol. The molecule has 3 heteroatoms. The van der Waals surface area contributed by atoms with Crippen LogP contribution in [-0.2, 0) is 4.79 Å². The molecule has 1 saturated carbocycles. The second-order valence-corrected chi connectivity index (χ2v) is 10.4. The number of rotatable bonds is 19. The SMILES string of the molecule is CC/C=C\C/C=C\C/C=C\C/C=C\C/C=C\CCCC(=O)CC1CCC(CCC(=O)c2cccnc2)CC1. The number of unbranched alkanes of at least 4 members (excludes halogenated alkanes) is 1. The highest BCUT2D eigenvalue weighted by atomic mass is 16.1. The van der Waals surface area contributed by atoms with Gasteiger partial charge in [0.15, 0.2) is 5.78 Å². The normalized spacial score (nSPS) is 18.6. The molecule has 38 heavy (non-hydrogen) atoms. The van der Waals surface area contributed by atoms with E-state index in [1.54, 1.807) is 12.4 Å². The van der Waals surface area contributed by atoms with Crippen LogP contribution >= 0.6 is 0 Å². The van der Waals surface area contributed by atoms with E-state index in [-0.39, 0.29) is 5.78 Å². The maximum absolute atomic E-state index is 12.4. The van der Waals surface area contributed by atoms with Gasteiger partial charge >= 0.3 is 0 Å². The lowest BCUT2D eigenvalue weighted by molar-refractivity contribution is -0.120. The smallest absolute Gasteiger partial charge is 0.164 e. The maximum atomic E-state index is 12.4. The molecule has 206 valence electrons. The molecular weight excluding hydrogens is 466 g/mol. The molecule has 0 aromatic carbocycles. The van der Waals surface area contributed by atoms with Crippen LogP contribution in [0.15, 0.2) is 85.3 Å². The van der Waals surface area contributed by atoms with Crippen LogP contribution in [0.4, 0.5) is 0 Å².